The van der Waals surface area contributed by atoms with Crippen molar-refractivity contribution in [1.29, 1.82) is 0 Å². The summed E-state index contributed by atoms with van der Waals surface area (Å²) in [6, 6.07) is 1.85. The van der Waals surface area contributed by atoms with Crippen molar-refractivity contribution < 1.29 is 4.74 Å². The number of anilines is 2. The Kier molecular flexibility index (Phi) is 4.66. The average molecular weight is 268 g/mol. The Morgan fingerprint density at radius 1 is 1.56 bits per heavy atom. The molecule has 1 aliphatic heterocycles. The predicted octanol–water partition coefficient (Wildman–Crippen LogP) is 1.54. The first-order chi connectivity index (χ1) is 8.72. The molecular weight excluding hydrogens is 248 g/mol. The van der Waals surface area contributed by atoms with Crippen LogP contribution in [0.4, 0.5) is 11.6 Å². The van der Waals surface area contributed by atoms with Crippen LogP contribution in [0.25, 0.3) is 0 Å². The van der Waals surface area contributed by atoms with Crippen LogP contribution in [-0.4, -0.2) is 41.2 Å². The highest BCUT2D eigenvalue weighted by atomic mass is 32.2. The van der Waals surface area contributed by atoms with Gasteiger partial charge < -0.3 is 15.4 Å². The summed E-state index contributed by atoms with van der Waals surface area (Å²) in [5, 5.41) is 0.681. The smallest absolute Gasteiger partial charge is 0.158 e. The number of nitrogens with two attached hydrogens (primary N) is 1. The number of methoxy groups -OCH3 is 1. The maximum Gasteiger partial charge on any atom is 0.158 e. The topological polar surface area (TPSA) is 64.3 Å². The first-order valence-electron chi connectivity index (χ1n) is 6.21. The van der Waals surface area contributed by atoms with Gasteiger partial charge in [-0.15, -0.1) is 0 Å². The minimum atomic E-state index is 0.401. The van der Waals surface area contributed by atoms with Gasteiger partial charge in [0.1, 0.15) is 18.2 Å². The summed E-state index contributed by atoms with van der Waals surface area (Å²) in [5.41, 5.74) is 5.82. The SMILES string of the molecule is CCC1CN(c2cc(N)nc(COC)n2)CCS1. The molecule has 0 radical (unpaired) electrons. The van der Waals surface area contributed by atoms with Crippen LogP contribution in [0.3, 0.4) is 0 Å². The van der Waals surface area contributed by atoms with Gasteiger partial charge in [0, 0.05) is 37.3 Å². The average Bonchev–Trinajstić information content (AvgIpc) is 2.38. The first kappa shape index (κ1) is 13.4. The summed E-state index contributed by atoms with van der Waals surface area (Å²) < 4.78 is 5.06. The summed E-state index contributed by atoms with van der Waals surface area (Å²) in [6.45, 7) is 4.68. The van der Waals surface area contributed by atoms with Gasteiger partial charge in [-0.2, -0.15) is 11.8 Å². The maximum absolute atomic E-state index is 5.82. The molecule has 1 fully saturated rings. The second-order valence-corrected chi connectivity index (χ2v) is 5.76. The minimum absolute atomic E-state index is 0.401. The lowest BCUT2D eigenvalue weighted by Crippen LogP contribution is -2.38. The molecule has 0 amide bonds. The summed E-state index contributed by atoms with van der Waals surface area (Å²) >= 11 is 2.04. The van der Waals surface area contributed by atoms with Gasteiger partial charge >= 0.3 is 0 Å². The van der Waals surface area contributed by atoms with Crippen LogP contribution in [-0.2, 0) is 11.3 Å². The van der Waals surface area contributed by atoms with Gasteiger partial charge in [0.2, 0.25) is 0 Å². The molecule has 1 aromatic heterocycles. The van der Waals surface area contributed by atoms with E-state index in [1.54, 1.807) is 7.11 Å². The zero-order valence-electron chi connectivity index (χ0n) is 10.9. The molecular formula is C12H20N4OS. The van der Waals surface area contributed by atoms with E-state index >= 15 is 0 Å². The fourth-order valence-corrected chi connectivity index (χ4v) is 3.21. The van der Waals surface area contributed by atoms with Crippen molar-refractivity contribution in [3.8, 4) is 0 Å². The Morgan fingerprint density at radius 2 is 2.39 bits per heavy atom. The third kappa shape index (κ3) is 3.26. The maximum atomic E-state index is 5.82. The van der Waals surface area contributed by atoms with Gasteiger partial charge in [-0.3, -0.25) is 0 Å². The summed E-state index contributed by atoms with van der Waals surface area (Å²) in [6.07, 6.45) is 1.19. The number of hydrogen-bond acceptors (Lipinski definition) is 6. The number of nitrogens with zero attached hydrogens (tertiary/aromatic N) is 3. The standard InChI is InChI=1S/C12H20N4OS/c1-3-9-7-16(4-5-18-9)12-6-10(13)14-11(15-12)8-17-2/h6,9H,3-5,7-8H2,1-2H3,(H2,13,14,15). The molecule has 0 spiro atoms. The Morgan fingerprint density at radius 3 is 3.11 bits per heavy atom. The van der Waals surface area contributed by atoms with Crippen LogP contribution in [0.15, 0.2) is 6.07 Å². The molecule has 1 atom stereocenters. The van der Waals surface area contributed by atoms with E-state index in [0.29, 0.717) is 23.5 Å². The monoisotopic (exact) mass is 268 g/mol. The molecule has 1 saturated heterocycles. The third-order valence-electron chi connectivity index (χ3n) is 2.97. The highest BCUT2D eigenvalue weighted by Crippen LogP contribution is 2.25. The Hall–Kier alpha value is -1.01. The van der Waals surface area contributed by atoms with Crippen molar-refractivity contribution in [3.63, 3.8) is 0 Å². The van der Waals surface area contributed by atoms with E-state index in [4.69, 9.17) is 10.5 Å². The van der Waals surface area contributed by atoms with Gasteiger partial charge in [0.05, 0.1) is 0 Å². The highest BCUT2D eigenvalue weighted by Gasteiger charge is 2.20. The van der Waals surface area contributed by atoms with Crippen LogP contribution >= 0.6 is 11.8 Å². The van der Waals surface area contributed by atoms with Crippen LogP contribution in [0.2, 0.25) is 0 Å². The molecule has 5 nitrogen and oxygen atoms in total. The zero-order valence-corrected chi connectivity index (χ0v) is 11.7. The van der Waals surface area contributed by atoms with E-state index in [1.165, 1.54) is 6.42 Å². The Labute approximate surface area is 112 Å². The molecule has 2 heterocycles. The van der Waals surface area contributed by atoms with Crippen LogP contribution in [0.5, 0.6) is 0 Å². The molecule has 18 heavy (non-hydrogen) atoms. The molecule has 0 aliphatic carbocycles. The molecule has 2 rings (SSSR count). The first-order valence-corrected chi connectivity index (χ1v) is 7.26. The predicted molar refractivity (Wildman–Crippen MR) is 75.9 cm³/mol. The fourth-order valence-electron chi connectivity index (χ4n) is 2.03. The lowest BCUT2D eigenvalue weighted by Gasteiger charge is -2.32. The highest BCUT2D eigenvalue weighted by molar-refractivity contribution is 8.00. The largest absolute Gasteiger partial charge is 0.384 e. The van der Waals surface area contributed by atoms with Crippen molar-refractivity contribution in [2.45, 2.75) is 25.2 Å². The lowest BCUT2D eigenvalue weighted by molar-refractivity contribution is 0.178. The summed E-state index contributed by atoms with van der Waals surface area (Å²) in [4.78, 5) is 11.0. The number of ether oxygens (including phenoxy) is 1. The second kappa shape index (κ2) is 6.24. The summed E-state index contributed by atoms with van der Waals surface area (Å²) in [7, 11) is 1.64. The van der Waals surface area contributed by atoms with Crippen LogP contribution in [0, 0.1) is 0 Å². The van der Waals surface area contributed by atoms with E-state index in [-0.39, 0.29) is 0 Å². The lowest BCUT2D eigenvalue weighted by atomic mass is 10.3. The van der Waals surface area contributed by atoms with Gasteiger partial charge in [0.25, 0.3) is 0 Å². The third-order valence-corrected chi connectivity index (χ3v) is 4.34. The van der Waals surface area contributed by atoms with Gasteiger partial charge in [0.15, 0.2) is 5.82 Å². The van der Waals surface area contributed by atoms with Gasteiger partial charge in [-0.1, -0.05) is 6.92 Å². The van der Waals surface area contributed by atoms with Crippen molar-refractivity contribution in [2.24, 2.45) is 0 Å². The number of rotatable bonds is 4. The second-order valence-electron chi connectivity index (χ2n) is 4.35. The Bertz CT molecular complexity index is 402. The van der Waals surface area contributed by atoms with Gasteiger partial charge in [-0.05, 0) is 6.42 Å². The molecule has 0 bridgehead atoms. The van der Waals surface area contributed by atoms with Crippen LogP contribution < -0.4 is 10.6 Å². The van der Waals surface area contributed by atoms with E-state index in [9.17, 15) is 0 Å². The van der Waals surface area contributed by atoms with Gasteiger partial charge in [-0.25, -0.2) is 9.97 Å². The van der Waals surface area contributed by atoms with E-state index in [1.807, 2.05) is 17.8 Å². The van der Waals surface area contributed by atoms with E-state index < -0.39 is 0 Å². The molecule has 0 saturated carbocycles. The van der Waals surface area contributed by atoms with Crippen molar-refractivity contribution in [3.05, 3.63) is 11.9 Å². The molecule has 0 aromatic carbocycles. The molecule has 1 unspecified atom stereocenters. The molecule has 1 aromatic rings. The quantitative estimate of drug-likeness (QED) is 0.893. The number of hydrogen-bond donors (Lipinski definition) is 1. The number of thioether (sulfide) groups is 1. The molecule has 6 heteroatoms. The molecule has 1 aliphatic rings. The van der Waals surface area contributed by atoms with Crippen LogP contribution in [0.1, 0.15) is 19.2 Å². The fraction of sp³-hybridized carbons (Fsp3) is 0.667. The normalized spacial score (nSPS) is 20.1. The Balaban J connectivity index is 2.16. The zero-order chi connectivity index (χ0) is 13.0. The van der Waals surface area contributed by atoms with Crippen molar-refractivity contribution in [1.82, 2.24) is 9.97 Å². The van der Waals surface area contributed by atoms with E-state index in [0.717, 1.165) is 24.7 Å². The number of aromatic nitrogens is 2. The minimum Gasteiger partial charge on any atom is -0.384 e. The summed E-state index contributed by atoms with van der Waals surface area (Å²) in [5.74, 6) is 3.23. The molecule has 100 valence electrons. The number of nitrogen functional groups attached to an aromatic ring is 1. The van der Waals surface area contributed by atoms with Crippen molar-refractivity contribution >= 4 is 23.4 Å². The van der Waals surface area contributed by atoms with E-state index in [2.05, 4.69) is 21.8 Å². The molecule has 2 N–H and O–H groups in total. The van der Waals surface area contributed by atoms with Crippen molar-refractivity contribution in [2.75, 3.05) is 36.6 Å².